The molecule has 0 aliphatic heterocycles. The third-order valence-electron chi connectivity index (χ3n) is 4.20. The average Bonchev–Trinajstić information content (AvgIpc) is 2.69. The number of carbonyl (C=O) groups excluding carboxylic acids is 1. The van der Waals surface area contributed by atoms with Crippen molar-refractivity contribution in [2.24, 2.45) is 0 Å². The summed E-state index contributed by atoms with van der Waals surface area (Å²) in [6, 6.07) is 24.1. The van der Waals surface area contributed by atoms with Crippen molar-refractivity contribution in [1.82, 2.24) is 5.32 Å². The number of aliphatic hydroxyl groups excluding tert-OH is 1. The van der Waals surface area contributed by atoms with Gasteiger partial charge in [-0.05, 0) is 35.2 Å². The van der Waals surface area contributed by atoms with Crippen molar-refractivity contribution in [2.45, 2.75) is 12.5 Å². The summed E-state index contributed by atoms with van der Waals surface area (Å²) in [6.07, 6.45) is -0.122. The SMILES string of the molecule is O=C(NCC(O)c1ccccc1)c1cc(Cc2ccccc2)ccc1O. The van der Waals surface area contributed by atoms with Crippen LogP contribution in [-0.2, 0) is 6.42 Å². The van der Waals surface area contributed by atoms with E-state index in [2.05, 4.69) is 5.32 Å². The lowest BCUT2D eigenvalue weighted by Crippen LogP contribution is -2.28. The molecule has 132 valence electrons. The number of amides is 1. The predicted molar refractivity (Wildman–Crippen MR) is 101 cm³/mol. The lowest BCUT2D eigenvalue weighted by molar-refractivity contribution is 0.0913. The summed E-state index contributed by atoms with van der Waals surface area (Å²) in [5, 5.41) is 22.9. The van der Waals surface area contributed by atoms with E-state index < -0.39 is 12.0 Å². The minimum atomic E-state index is -0.796. The molecule has 26 heavy (non-hydrogen) atoms. The molecule has 0 heterocycles. The molecule has 3 aromatic carbocycles. The normalized spacial score (nSPS) is 11.7. The number of phenolic OH excluding ortho intramolecular Hbond substituents is 1. The second-order valence-corrected chi connectivity index (χ2v) is 6.15. The van der Waals surface area contributed by atoms with Crippen LogP contribution in [0.15, 0.2) is 78.9 Å². The van der Waals surface area contributed by atoms with E-state index in [0.29, 0.717) is 6.42 Å². The molecular weight excluding hydrogens is 326 g/mol. The van der Waals surface area contributed by atoms with Gasteiger partial charge in [0, 0.05) is 6.54 Å². The standard InChI is InChI=1S/C22H21NO3/c24-20-12-11-17(13-16-7-3-1-4-8-16)14-19(20)22(26)23-15-21(25)18-9-5-2-6-10-18/h1-12,14,21,24-25H,13,15H2,(H,23,26). The molecule has 1 amide bonds. The lowest BCUT2D eigenvalue weighted by atomic mass is 10.0. The van der Waals surface area contributed by atoms with Crippen LogP contribution in [0.3, 0.4) is 0 Å². The molecule has 4 heteroatoms. The maximum atomic E-state index is 12.4. The Balaban J connectivity index is 1.67. The molecule has 0 aliphatic carbocycles. The molecule has 0 aliphatic rings. The van der Waals surface area contributed by atoms with Gasteiger partial charge in [-0.15, -0.1) is 0 Å². The first kappa shape index (κ1) is 17.7. The number of carbonyl (C=O) groups is 1. The first-order valence-electron chi connectivity index (χ1n) is 8.50. The lowest BCUT2D eigenvalue weighted by Gasteiger charge is -2.13. The number of rotatable bonds is 6. The maximum Gasteiger partial charge on any atom is 0.255 e. The van der Waals surface area contributed by atoms with Gasteiger partial charge in [-0.25, -0.2) is 0 Å². The number of aromatic hydroxyl groups is 1. The highest BCUT2D eigenvalue weighted by atomic mass is 16.3. The third-order valence-corrected chi connectivity index (χ3v) is 4.20. The van der Waals surface area contributed by atoms with Crippen LogP contribution in [0, 0.1) is 0 Å². The summed E-state index contributed by atoms with van der Waals surface area (Å²) < 4.78 is 0. The Morgan fingerprint density at radius 1 is 0.885 bits per heavy atom. The largest absolute Gasteiger partial charge is 0.507 e. The van der Waals surface area contributed by atoms with Gasteiger partial charge in [0.1, 0.15) is 5.75 Å². The van der Waals surface area contributed by atoms with Crippen molar-refractivity contribution < 1.29 is 15.0 Å². The molecule has 1 atom stereocenters. The Hall–Kier alpha value is -3.11. The molecule has 1 unspecified atom stereocenters. The van der Waals surface area contributed by atoms with Gasteiger partial charge in [0.25, 0.3) is 5.91 Å². The van der Waals surface area contributed by atoms with E-state index in [1.165, 1.54) is 6.07 Å². The van der Waals surface area contributed by atoms with Crippen molar-refractivity contribution in [2.75, 3.05) is 6.54 Å². The number of benzene rings is 3. The van der Waals surface area contributed by atoms with Crippen molar-refractivity contribution in [3.63, 3.8) is 0 Å². The van der Waals surface area contributed by atoms with Gasteiger partial charge < -0.3 is 15.5 Å². The molecule has 0 fully saturated rings. The number of phenols is 1. The highest BCUT2D eigenvalue weighted by Crippen LogP contribution is 2.21. The van der Waals surface area contributed by atoms with Crippen LogP contribution >= 0.6 is 0 Å². The molecule has 3 aromatic rings. The van der Waals surface area contributed by atoms with E-state index in [9.17, 15) is 15.0 Å². The van der Waals surface area contributed by atoms with Crippen molar-refractivity contribution in [3.05, 3.63) is 101 Å². The van der Waals surface area contributed by atoms with Gasteiger partial charge in [0.2, 0.25) is 0 Å². The highest BCUT2D eigenvalue weighted by Gasteiger charge is 2.14. The second-order valence-electron chi connectivity index (χ2n) is 6.15. The smallest absolute Gasteiger partial charge is 0.255 e. The summed E-state index contributed by atoms with van der Waals surface area (Å²) in [6.45, 7) is 0.0746. The summed E-state index contributed by atoms with van der Waals surface area (Å²) in [5.41, 5.74) is 3.00. The van der Waals surface area contributed by atoms with Crippen LogP contribution < -0.4 is 5.32 Å². The Bertz CT molecular complexity index is 863. The Kier molecular flexibility index (Phi) is 5.66. The number of hydrogen-bond acceptors (Lipinski definition) is 3. The van der Waals surface area contributed by atoms with Crippen LogP contribution in [0.2, 0.25) is 0 Å². The quantitative estimate of drug-likeness (QED) is 0.640. The minimum absolute atomic E-state index is 0.0746. The molecule has 0 radical (unpaired) electrons. The van der Waals surface area contributed by atoms with Gasteiger partial charge in [-0.1, -0.05) is 66.7 Å². The Labute approximate surface area is 152 Å². The Morgan fingerprint density at radius 3 is 2.23 bits per heavy atom. The van der Waals surface area contributed by atoms with Gasteiger partial charge >= 0.3 is 0 Å². The van der Waals surface area contributed by atoms with Crippen LogP contribution in [-0.4, -0.2) is 22.7 Å². The predicted octanol–water partition coefficient (Wildman–Crippen LogP) is 3.45. The molecule has 0 spiro atoms. The molecule has 4 nitrogen and oxygen atoms in total. The van der Waals surface area contributed by atoms with Crippen molar-refractivity contribution >= 4 is 5.91 Å². The van der Waals surface area contributed by atoms with Crippen LogP contribution in [0.5, 0.6) is 5.75 Å². The fourth-order valence-corrected chi connectivity index (χ4v) is 2.78. The molecule has 0 saturated heterocycles. The molecular formula is C22H21NO3. The van der Waals surface area contributed by atoms with Gasteiger partial charge in [-0.2, -0.15) is 0 Å². The van der Waals surface area contributed by atoms with E-state index in [-0.39, 0.29) is 17.9 Å². The summed E-state index contributed by atoms with van der Waals surface area (Å²) in [7, 11) is 0. The van der Waals surface area contributed by atoms with E-state index >= 15 is 0 Å². The van der Waals surface area contributed by atoms with E-state index in [0.717, 1.165) is 16.7 Å². The zero-order chi connectivity index (χ0) is 18.4. The number of aliphatic hydroxyl groups is 1. The highest BCUT2D eigenvalue weighted by molar-refractivity contribution is 5.97. The molecule has 0 saturated carbocycles. The first-order chi connectivity index (χ1) is 12.6. The summed E-state index contributed by atoms with van der Waals surface area (Å²) in [4.78, 5) is 12.4. The van der Waals surface area contributed by atoms with Crippen LogP contribution in [0.1, 0.15) is 33.2 Å². The monoisotopic (exact) mass is 347 g/mol. The fourth-order valence-electron chi connectivity index (χ4n) is 2.78. The second kappa shape index (κ2) is 8.32. The maximum absolute atomic E-state index is 12.4. The zero-order valence-electron chi connectivity index (χ0n) is 14.3. The number of hydrogen-bond donors (Lipinski definition) is 3. The topological polar surface area (TPSA) is 69.6 Å². The van der Waals surface area contributed by atoms with E-state index in [4.69, 9.17) is 0 Å². The van der Waals surface area contributed by atoms with Crippen molar-refractivity contribution in [3.8, 4) is 5.75 Å². The van der Waals surface area contributed by atoms with Gasteiger partial charge in [-0.3, -0.25) is 4.79 Å². The van der Waals surface area contributed by atoms with E-state index in [1.54, 1.807) is 24.3 Å². The molecule has 3 N–H and O–H groups in total. The molecule has 3 rings (SSSR count). The summed E-state index contributed by atoms with van der Waals surface area (Å²) in [5.74, 6) is -0.485. The third kappa shape index (κ3) is 4.49. The molecule has 0 aromatic heterocycles. The average molecular weight is 347 g/mol. The fraction of sp³-hybridized carbons (Fsp3) is 0.136. The Morgan fingerprint density at radius 2 is 1.54 bits per heavy atom. The van der Waals surface area contributed by atoms with Crippen LogP contribution in [0.25, 0.3) is 0 Å². The van der Waals surface area contributed by atoms with Gasteiger partial charge in [0.15, 0.2) is 0 Å². The molecule has 0 bridgehead atoms. The van der Waals surface area contributed by atoms with Gasteiger partial charge in [0.05, 0.1) is 11.7 Å². The number of nitrogens with one attached hydrogen (secondary N) is 1. The zero-order valence-corrected chi connectivity index (χ0v) is 14.3. The van der Waals surface area contributed by atoms with E-state index in [1.807, 2.05) is 48.5 Å². The summed E-state index contributed by atoms with van der Waals surface area (Å²) >= 11 is 0. The minimum Gasteiger partial charge on any atom is -0.507 e. The van der Waals surface area contributed by atoms with Crippen molar-refractivity contribution in [1.29, 1.82) is 0 Å². The van der Waals surface area contributed by atoms with Crippen LogP contribution in [0.4, 0.5) is 0 Å². The first-order valence-corrected chi connectivity index (χ1v) is 8.50.